The lowest BCUT2D eigenvalue weighted by molar-refractivity contribution is 0.0872. The summed E-state index contributed by atoms with van der Waals surface area (Å²) in [7, 11) is 0. The highest BCUT2D eigenvalue weighted by atomic mass is 19.1. The van der Waals surface area contributed by atoms with Crippen LogP contribution in [0.3, 0.4) is 0 Å². The molecule has 0 aromatic rings. The van der Waals surface area contributed by atoms with Gasteiger partial charge in [0.25, 0.3) is 0 Å². The predicted octanol–water partition coefficient (Wildman–Crippen LogP) is 1.42. The van der Waals surface area contributed by atoms with Crippen molar-refractivity contribution in [3.05, 3.63) is 0 Å². The fraction of sp³-hybridized carbons (Fsp3) is 1.00. The molecular formula is C10H21FN2. The Morgan fingerprint density at radius 3 is 2.85 bits per heavy atom. The summed E-state index contributed by atoms with van der Waals surface area (Å²) in [6, 6.07) is 0.468. The summed E-state index contributed by atoms with van der Waals surface area (Å²) in [4.78, 5) is 2.24. The van der Waals surface area contributed by atoms with E-state index in [1.54, 1.807) is 0 Å². The number of nitrogens with zero attached hydrogens (tertiary/aromatic N) is 1. The van der Waals surface area contributed by atoms with E-state index < -0.39 is 0 Å². The van der Waals surface area contributed by atoms with Gasteiger partial charge in [0, 0.05) is 31.2 Å². The van der Waals surface area contributed by atoms with E-state index in [1.165, 1.54) is 0 Å². The molecule has 78 valence electrons. The summed E-state index contributed by atoms with van der Waals surface area (Å²) < 4.78 is 12.2. The average molecular weight is 188 g/mol. The third-order valence-electron chi connectivity index (χ3n) is 3.15. The second-order valence-corrected chi connectivity index (χ2v) is 4.30. The van der Waals surface area contributed by atoms with E-state index in [0.717, 1.165) is 19.5 Å². The van der Waals surface area contributed by atoms with Gasteiger partial charge in [-0.3, -0.25) is 4.90 Å². The number of piperazine rings is 1. The molecule has 0 spiro atoms. The topological polar surface area (TPSA) is 15.3 Å². The molecule has 1 heterocycles. The monoisotopic (exact) mass is 188 g/mol. The molecule has 2 unspecified atom stereocenters. The molecule has 0 amide bonds. The molecule has 0 aliphatic carbocycles. The zero-order valence-electron chi connectivity index (χ0n) is 8.94. The number of halogens is 1. The van der Waals surface area contributed by atoms with Crippen LogP contribution in [0.1, 0.15) is 27.2 Å². The first-order valence-corrected chi connectivity index (χ1v) is 5.16. The van der Waals surface area contributed by atoms with Crippen LogP contribution in [0.15, 0.2) is 0 Å². The Balaban J connectivity index is 2.52. The first-order chi connectivity index (χ1) is 6.11. The van der Waals surface area contributed by atoms with E-state index in [4.69, 9.17) is 0 Å². The quantitative estimate of drug-likeness (QED) is 0.720. The molecule has 0 aromatic heterocycles. The molecule has 1 fully saturated rings. The van der Waals surface area contributed by atoms with Crippen molar-refractivity contribution in [2.75, 3.05) is 26.3 Å². The molecule has 2 nitrogen and oxygen atoms in total. The Bertz CT molecular complexity index is 163. The summed E-state index contributed by atoms with van der Waals surface area (Å²) in [5.74, 6) is 0. The van der Waals surface area contributed by atoms with Crippen molar-refractivity contribution in [1.29, 1.82) is 0 Å². The molecule has 1 rings (SSSR count). The molecule has 13 heavy (non-hydrogen) atoms. The third kappa shape index (κ3) is 2.64. The number of rotatable bonds is 3. The van der Waals surface area contributed by atoms with Crippen molar-refractivity contribution in [3.8, 4) is 0 Å². The minimum Gasteiger partial charge on any atom is -0.309 e. The van der Waals surface area contributed by atoms with Crippen LogP contribution in [0.5, 0.6) is 0 Å². The highest BCUT2D eigenvalue weighted by Crippen LogP contribution is 2.18. The van der Waals surface area contributed by atoms with Crippen LogP contribution in [0.2, 0.25) is 0 Å². The average Bonchev–Trinajstić information content (AvgIpc) is 2.12. The molecule has 3 heteroatoms. The van der Waals surface area contributed by atoms with Gasteiger partial charge in [0.15, 0.2) is 0 Å². The van der Waals surface area contributed by atoms with Gasteiger partial charge in [0.05, 0.1) is 0 Å². The van der Waals surface area contributed by atoms with Crippen LogP contribution in [-0.4, -0.2) is 42.8 Å². The maximum atomic E-state index is 12.2. The molecule has 0 radical (unpaired) electrons. The number of alkyl halides is 1. The van der Waals surface area contributed by atoms with E-state index in [9.17, 15) is 4.39 Å². The molecule has 1 N–H and O–H groups in total. The van der Waals surface area contributed by atoms with Gasteiger partial charge in [-0.2, -0.15) is 0 Å². The van der Waals surface area contributed by atoms with Crippen molar-refractivity contribution < 1.29 is 4.39 Å². The van der Waals surface area contributed by atoms with Gasteiger partial charge in [-0.15, -0.1) is 0 Å². The smallest absolute Gasteiger partial charge is 0.102 e. The third-order valence-corrected chi connectivity index (χ3v) is 3.15. The summed E-state index contributed by atoms with van der Waals surface area (Å²) in [6.07, 6.45) is 1.10. The second-order valence-electron chi connectivity index (χ2n) is 4.30. The maximum Gasteiger partial charge on any atom is 0.102 e. The Kier molecular flexibility index (Phi) is 3.68. The molecule has 0 bridgehead atoms. The Morgan fingerprint density at radius 2 is 2.31 bits per heavy atom. The summed E-state index contributed by atoms with van der Waals surface area (Å²) in [5.41, 5.74) is 0.182. The van der Waals surface area contributed by atoms with Crippen LogP contribution in [-0.2, 0) is 0 Å². The predicted molar refractivity (Wildman–Crippen MR) is 53.7 cm³/mol. The van der Waals surface area contributed by atoms with Gasteiger partial charge in [-0.05, 0) is 20.3 Å². The fourth-order valence-corrected chi connectivity index (χ4v) is 1.83. The van der Waals surface area contributed by atoms with Crippen LogP contribution in [0.4, 0.5) is 4.39 Å². The first-order valence-electron chi connectivity index (χ1n) is 5.16. The summed E-state index contributed by atoms with van der Waals surface area (Å²) in [6.45, 7) is 8.83. The zero-order valence-corrected chi connectivity index (χ0v) is 8.94. The highest BCUT2D eigenvalue weighted by Gasteiger charge is 2.31. The molecule has 0 aromatic carbocycles. The molecular weight excluding hydrogens is 167 g/mol. The van der Waals surface area contributed by atoms with Crippen LogP contribution in [0.25, 0.3) is 0 Å². The molecule has 1 saturated heterocycles. The van der Waals surface area contributed by atoms with Crippen LogP contribution >= 0.6 is 0 Å². The number of nitrogens with one attached hydrogen (secondary N) is 1. The minimum absolute atomic E-state index is 0.182. The van der Waals surface area contributed by atoms with Crippen molar-refractivity contribution in [3.63, 3.8) is 0 Å². The fourth-order valence-electron chi connectivity index (χ4n) is 1.83. The van der Waals surface area contributed by atoms with Crippen LogP contribution in [0, 0.1) is 0 Å². The van der Waals surface area contributed by atoms with Gasteiger partial charge < -0.3 is 5.32 Å². The van der Waals surface area contributed by atoms with Crippen molar-refractivity contribution in [2.24, 2.45) is 0 Å². The Hall–Kier alpha value is -0.150. The molecule has 2 atom stereocenters. The van der Waals surface area contributed by atoms with Gasteiger partial charge in [0.2, 0.25) is 0 Å². The van der Waals surface area contributed by atoms with Gasteiger partial charge in [-0.1, -0.05) is 6.92 Å². The maximum absolute atomic E-state index is 12.2. The minimum atomic E-state index is -0.232. The van der Waals surface area contributed by atoms with E-state index >= 15 is 0 Å². The lowest BCUT2D eigenvalue weighted by atomic mass is 9.94. The summed E-state index contributed by atoms with van der Waals surface area (Å²) >= 11 is 0. The second kappa shape index (κ2) is 4.38. The number of hydrogen-bond acceptors (Lipinski definition) is 2. The van der Waals surface area contributed by atoms with E-state index in [2.05, 4.69) is 31.0 Å². The number of hydrogen-bond donors (Lipinski definition) is 1. The Labute approximate surface area is 80.5 Å². The Morgan fingerprint density at radius 1 is 1.62 bits per heavy atom. The lowest BCUT2D eigenvalue weighted by Gasteiger charge is -2.44. The van der Waals surface area contributed by atoms with E-state index in [-0.39, 0.29) is 12.2 Å². The van der Waals surface area contributed by atoms with Gasteiger partial charge >= 0.3 is 0 Å². The molecule has 0 saturated carbocycles. The standard InChI is InChI=1S/C10H21FN2/c1-4-10(3)8-13(6-5-11)9(2)7-12-10/h9,12H,4-8H2,1-3H3. The van der Waals surface area contributed by atoms with Gasteiger partial charge in [-0.25, -0.2) is 4.39 Å². The van der Waals surface area contributed by atoms with E-state index in [0.29, 0.717) is 12.6 Å². The summed E-state index contributed by atoms with van der Waals surface area (Å²) in [5, 5.41) is 3.52. The highest BCUT2D eigenvalue weighted by molar-refractivity contribution is 4.92. The first kappa shape index (κ1) is 10.9. The van der Waals surface area contributed by atoms with Crippen molar-refractivity contribution in [1.82, 2.24) is 10.2 Å². The SMILES string of the molecule is CCC1(C)CN(CCF)C(C)CN1. The van der Waals surface area contributed by atoms with Crippen molar-refractivity contribution in [2.45, 2.75) is 38.8 Å². The van der Waals surface area contributed by atoms with Crippen LogP contribution < -0.4 is 5.32 Å². The van der Waals surface area contributed by atoms with Gasteiger partial charge in [0.1, 0.15) is 6.67 Å². The normalized spacial score (nSPS) is 36.5. The molecule has 1 aliphatic rings. The lowest BCUT2D eigenvalue weighted by Crippen LogP contribution is -2.62. The van der Waals surface area contributed by atoms with E-state index in [1.807, 2.05) is 0 Å². The zero-order chi connectivity index (χ0) is 9.90. The largest absolute Gasteiger partial charge is 0.309 e. The molecule has 1 aliphatic heterocycles. The van der Waals surface area contributed by atoms with Crippen molar-refractivity contribution >= 4 is 0 Å².